The zero-order chi connectivity index (χ0) is 17.8. The molecule has 2 fully saturated rings. The van der Waals surface area contributed by atoms with Crippen molar-refractivity contribution in [2.75, 3.05) is 26.2 Å². The smallest absolute Gasteiger partial charge is 0.335 e. The Labute approximate surface area is 146 Å². The Hall–Kier alpha value is -2.41. The number of carboxylic acids is 1. The molecule has 0 aliphatic carbocycles. The molecule has 2 saturated heterocycles. The van der Waals surface area contributed by atoms with Crippen molar-refractivity contribution in [1.29, 1.82) is 0 Å². The van der Waals surface area contributed by atoms with Crippen LogP contribution < -0.4 is 10.6 Å². The summed E-state index contributed by atoms with van der Waals surface area (Å²) in [6, 6.07) is 5.81. The summed E-state index contributed by atoms with van der Waals surface area (Å²) in [5, 5.41) is 15.1. The van der Waals surface area contributed by atoms with E-state index in [-0.39, 0.29) is 29.3 Å². The molecule has 0 spiro atoms. The lowest BCUT2D eigenvalue weighted by molar-refractivity contribution is -0.132. The third-order valence-electron chi connectivity index (χ3n) is 4.86. The van der Waals surface area contributed by atoms with Crippen LogP contribution in [-0.2, 0) is 4.79 Å². The van der Waals surface area contributed by atoms with Gasteiger partial charge in [-0.25, -0.2) is 4.79 Å². The number of aromatic carboxylic acids is 1. The molecule has 7 heteroatoms. The zero-order valence-electron chi connectivity index (χ0n) is 14.0. The van der Waals surface area contributed by atoms with Gasteiger partial charge in [0.15, 0.2) is 0 Å². The van der Waals surface area contributed by atoms with E-state index in [4.69, 9.17) is 5.11 Å². The standard InChI is InChI=1S/C18H23N3O4/c22-16(13-4-3-5-14(9-13)18(24)25)20-11-12-8-15(19-10-12)17(23)21-6-1-2-7-21/h3-5,9,12,15,19H,1-2,6-8,10-11H2,(H,20,22)(H,24,25)/t12-,15-/m0/s1. The van der Waals surface area contributed by atoms with E-state index in [1.807, 2.05) is 4.90 Å². The Kier molecular flexibility index (Phi) is 5.33. The lowest BCUT2D eigenvalue weighted by Crippen LogP contribution is -2.42. The molecule has 2 aliphatic rings. The van der Waals surface area contributed by atoms with Crippen LogP contribution in [0, 0.1) is 5.92 Å². The third-order valence-corrected chi connectivity index (χ3v) is 4.86. The number of likely N-dealkylation sites (tertiary alicyclic amines) is 1. The van der Waals surface area contributed by atoms with Crippen LogP contribution in [0.4, 0.5) is 0 Å². The molecule has 2 atom stereocenters. The monoisotopic (exact) mass is 345 g/mol. The summed E-state index contributed by atoms with van der Waals surface area (Å²) in [5.74, 6) is -0.987. The highest BCUT2D eigenvalue weighted by Gasteiger charge is 2.33. The molecule has 134 valence electrons. The Morgan fingerprint density at radius 2 is 1.92 bits per heavy atom. The number of carbonyl (C=O) groups is 3. The maximum atomic E-state index is 12.4. The van der Waals surface area contributed by atoms with Crippen molar-refractivity contribution in [3.05, 3.63) is 35.4 Å². The number of hydrogen-bond donors (Lipinski definition) is 3. The van der Waals surface area contributed by atoms with Gasteiger partial charge in [0.2, 0.25) is 5.91 Å². The largest absolute Gasteiger partial charge is 0.478 e. The number of carboxylic acid groups (broad SMARTS) is 1. The van der Waals surface area contributed by atoms with E-state index in [9.17, 15) is 14.4 Å². The number of nitrogens with one attached hydrogen (secondary N) is 2. The first-order chi connectivity index (χ1) is 12.0. The molecule has 0 bridgehead atoms. The van der Waals surface area contributed by atoms with Crippen molar-refractivity contribution in [3.8, 4) is 0 Å². The molecule has 2 aliphatic heterocycles. The van der Waals surface area contributed by atoms with Crippen molar-refractivity contribution in [1.82, 2.24) is 15.5 Å². The minimum Gasteiger partial charge on any atom is -0.478 e. The first kappa shape index (κ1) is 17.4. The molecule has 2 amide bonds. The average Bonchev–Trinajstić information content (AvgIpc) is 3.31. The molecule has 1 aromatic rings. The minimum atomic E-state index is -1.06. The third kappa shape index (κ3) is 4.17. The summed E-state index contributed by atoms with van der Waals surface area (Å²) >= 11 is 0. The second-order valence-corrected chi connectivity index (χ2v) is 6.69. The maximum Gasteiger partial charge on any atom is 0.335 e. The van der Waals surface area contributed by atoms with Gasteiger partial charge in [-0.05, 0) is 43.4 Å². The molecule has 1 aromatic carbocycles. The molecular weight excluding hydrogens is 322 g/mol. The first-order valence-electron chi connectivity index (χ1n) is 8.68. The van der Waals surface area contributed by atoms with Gasteiger partial charge in [0.05, 0.1) is 11.6 Å². The second kappa shape index (κ2) is 7.65. The van der Waals surface area contributed by atoms with Crippen LogP contribution in [0.2, 0.25) is 0 Å². The lowest BCUT2D eigenvalue weighted by atomic mass is 10.0. The van der Waals surface area contributed by atoms with E-state index >= 15 is 0 Å². The highest BCUT2D eigenvalue weighted by molar-refractivity contribution is 5.97. The fourth-order valence-electron chi connectivity index (χ4n) is 3.44. The molecule has 0 saturated carbocycles. The van der Waals surface area contributed by atoms with Gasteiger partial charge in [0.25, 0.3) is 5.91 Å². The van der Waals surface area contributed by atoms with Crippen LogP contribution in [0.1, 0.15) is 40.0 Å². The normalized spacial score (nSPS) is 22.8. The fourth-order valence-corrected chi connectivity index (χ4v) is 3.44. The van der Waals surface area contributed by atoms with Gasteiger partial charge in [-0.1, -0.05) is 6.07 Å². The number of hydrogen-bond acceptors (Lipinski definition) is 4. The number of amides is 2. The van der Waals surface area contributed by atoms with Crippen LogP contribution in [0.15, 0.2) is 24.3 Å². The number of nitrogens with zero attached hydrogens (tertiary/aromatic N) is 1. The van der Waals surface area contributed by atoms with E-state index in [1.165, 1.54) is 12.1 Å². The van der Waals surface area contributed by atoms with Gasteiger partial charge in [-0.2, -0.15) is 0 Å². The first-order valence-corrected chi connectivity index (χ1v) is 8.68. The van der Waals surface area contributed by atoms with E-state index in [2.05, 4.69) is 10.6 Å². The molecule has 25 heavy (non-hydrogen) atoms. The zero-order valence-corrected chi connectivity index (χ0v) is 14.0. The van der Waals surface area contributed by atoms with Crippen molar-refractivity contribution >= 4 is 17.8 Å². The van der Waals surface area contributed by atoms with E-state index in [0.717, 1.165) is 25.9 Å². The Morgan fingerprint density at radius 1 is 1.20 bits per heavy atom. The summed E-state index contributed by atoms with van der Waals surface area (Å²) in [4.78, 5) is 37.5. The summed E-state index contributed by atoms with van der Waals surface area (Å²) in [5.41, 5.74) is 0.419. The fraction of sp³-hybridized carbons (Fsp3) is 0.500. The Bertz CT molecular complexity index is 670. The van der Waals surface area contributed by atoms with Crippen LogP contribution >= 0.6 is 0 Å². The maximum absolute atomic E-state index is 12.4. The van der Waals surface area contributed by atoms with Crippen LogP contribution in [0.3, 0.4) is 0 Å². The van der Waals surface area contributed by atoms with Crippen LogP contribution in [0.25, 0.3) is 0 Å². The molecule has 3 N–H and O–H groups in total. The van der Waals surface area contributed by atoms with Crippen molar-refractivity contribution in [3.63, 3.8) is 0 Å². The SMILES string of the molecule is O=C(O)c1cccc(C(=O)NC[C@@H]2CN[C@H](C(=O)N3CCCC3)C2)c1. The summed E-state index contributed by atoms with van der Waals surface area (Å²) in [6.07, 6.45) is 2.87. The average molecular weight is 345 g/mol. The van der Waals surface area contributed by atoms with Gasteiger partial charge >= 0.3 is 5.97 Å². The molecule has 0 aromatic heterocycles. The van der Waals surface area contributed by atoms with E-state index in [1.54, 1.807) is 12.1 Å². The quantitative estimate of drug-likeness (QED) is 0.730. The highest BCUT2D eigenvalue weighted by Crippen LogP contribution is 2.18. The molecule has 3 rings (SSSR count). The van der Waals surface area contributed by atoms with Crippen LogP contribution in [-0.4, -0.2) is 60.0 Å². The Morgan fingerprint density at radius 3 is 2.64 bits per heavy atom. The van der Waals surface area contributed by atoms with Gasteiger partial charge in [0, 0.05) is 31.7 Å². The lowest BCUT2D eigenvalue weighted by Gasteiger charge is -2.20. The van der Waals surface area contributed by atoms with Crippen molar-refractivity contribution in [2.24, 2.45) is 5.92 Å². The minimum absolute atomic E-state index is 0.0893. The van der Waals surface area contributed by atoms with E-state index < -0.39 is 5.97 Å². The van der Waals surface area contributed by atoms with Crippen molar-refractivity contribution < 1.29 is 19.5 Å². The van der Waals surface area contributed by atoms with Gasteiger partial charge < -0.3 is 20.6 Å². The van der Waals surface area contributed by atoms with Crippen molar-refractivity contribution in [2.45, 2.75) is 25.3 Å². The summed E-state index contributed by atoms with van der Waals surface area (Å²) in [6.45, 7) is 2.85. The number of rotatable bonds is 5. The molecule has 0 unspecified atom stereocenters. The highest BCUT2D eigenvalue weighted by atomic mass is 16.4. The van der Waals surface area contributed by atoms with Gasteiger partial charge in [-0.3, -0.25) is 9.59 Å². The second-order valence-electron chi connectivity index (χ2n) is 6.69. The Balaban J connectivity index is 1.49. The van der Waals surface area contributed by atoms with Crippen LogP contribution in [0.5, 0.6) is 0 Å². The molecular formula is C18H23N3O4. The number of benzene rings is 1. The molecule has 2 heterocycles. The summed E-state index contributed by atoms with van der Waals surface area (Å²) in [7, 11) is 0. The number of carbonyl (C=O) groups excluding carboxylic acids is 2. The molecule has 0 radical (unpaired) electrons. The van der Waals surface area contributed by atoms with Gasteiger partial charge in [0.1, 0.15) is 0 Å². The van der Waals surface area contributed by atoms with Gasteiger partial charge in [-0.15, -0.1) is 0 Å². The topological polar surface area (TPSA) is 98.7 Å². The van der Waals surface area contributed by atoms with E-state index in [0.29, 0.717) is 25.1 Å². The predicted molar refractivity (Wildman–Crippen MR) is 91.4 cm³/mol. The molecule has 7 nitrogen and oxygen atoms in total. The predicted octanol–water partition coefficient (Wildman–Crippen LogP) is 0.715. The summed E-state index contributed by atoms with van der Waals surface area (Å²) < 4.78 is 0.